The van der Waals surface area contributed by atoms with E-state index in [1.807, 2.05) is 30.3 Å². The molecule has 3 aromatic rings. The van der Waals surface area contributed by atoms with Crippen LogP contribution in [0.25, 0.3) is 0 Å². The molecule has 7 heteroatoms. The fraction of sp³-hybridized carbons (Fsp3) is 0.105. The number of aryl methyl sites for hydroxylation is 1. The highest BCUT2D eigenvalue weighted by Crippen LogP contribution is 2.20. The third-order valence-electron chi connectivity index (χ3n) is 3.56. The maximum Gasteiger partial charge on any atom is 0.274 e. The lowest BCUT2D eigenvalue weighted by Gasteiger charge is -2.09. The average molecular weight is 371 g/mol. The number of aromatic nitrogens is 2. The lowest BCUT2D eigenvalue weighted by molar-refractivity contribution is 0.102. The van der Waals surface area contributed by atoms with Crippen LogP contribution in [0.4, 0.5) is 16.0 Å². The molecule has 26 heavy (non-hydrogen) atoms. The Labute approximate surface area is 155 Å². The smallest absolute Gasteiger partial charge is 0.274 e. The molecule has 1 amide bonds. The molecule has 0 aliphatic heterocycles. The van der Waals surface area contributed by atoms with Crippen LogP contribution in [-0.2, 0) is 6.54 Å². The number of benzene rings is 2. The number of carbonyl (C=O) groups excluding carboxylic acids is 1. The van der Waals surface area contributed by atoms with Crippen molar-refractivity contribution in [3.63, 3.8) is 0 Å². The van der Waals surface area contributed by atoms with Gasteiger partial charge in [0.2, 0.25) is 5.95 Å². The second kappa shape index (κ2) is 7.93. The molecule has 1 heterocycles. The molecule has 132 valence electrons. The van der Waals surface area contributed by atoms with Gasteiger partial charge in [0, 0.05) is 17.9 Å². The number of anilines is 2. The van der Waals surface area contributed by atoms with Gasteiger partial charge in [0.05, 0.1) is 5.02 Å². The van der Waals surface area contributed by atoms with Crippen LogP contribution in [0.2, 0.25) is 5.02 Å². The van der Waals surface area contributed by atoms with Crippen molar-refractivity contribution in [2.24, 2.45) is 0 Å². The Morgan fingerprint density at radius 3 is 2.62 bits per heavy atom. The quantitative estimate of drug-likeness (QED) is 0.696. The average Bonchev–Trinajstić information content (AvgIpc) is 2.63. The summed E-state index contributed by atoms with van der Waals surface area (Å²) in [7, 11) is 0. The van der Waals surface area contributed by atoms with Crippen LogP contribution in [0.15, 0.2) is 54.6 Å². The van der Waals surface area contributed by atoms with E-state index in [9.17, 15) is 9.18 Å². The van der Waals surface area contributed by atoms with Gasteiger partial charge in [-0.1, -0.05) is 41.9 Å². The minimum atomic E-state index is -0.546. The SMILES string of the molecule is Cc1cc(C(=O)Nc2ccc(F)c(Cl)c2)nc(NCc2ccccc2)n1. The monoisotopic (exact) mass is 370 g/mol. The number of hydrogen-bond acceptors (Lipinski definition) is 4. The molecule has 3 rings (SSSR count). The third kappa shape index (κ3) is 4.55. The van der Waals surface area contributed by atoms with Crippen LogP contribution in [-0.4, -0.2) is 15.9 Å². The predicted octanol–water partition coefficient (Wildman–Crippen LogP) is 4.44. The Balaban J connectivity index is 1.73. The van der Waals surface area contributed by atoms with Crippen LogP contribution in [0.5, 0.6) is 0 Å². The first-order valence-electron chi connectivity index (χ1n) is 7.91. The Kier molecular flexibility index (Phi) is 5.43. The lowest BCUT2D eigenvalue weighted by atomic mass is 10.2. The van der Waals surface area contributed by atoms with Crippen LogP contribution >= 0.6 is 11.6 Å². The van der Waals surface area contributed by atoms with Gasteiger partial charge >= 0.3 is 0 Å². The molecule has 0 saturated heterocycles. The van der Waals surface area contributed by atoms with E-state index in [4.69, 9.17) is 11.6 Å². The molecule has 0 aliphatic carbocycles. The van der Waals surface area contributed by atoms with E-state index in [0.29, 0.717) is 23.9 Å². The fourth-order valence-electron chi connectivity index (χ4n) is 2.31. The molecule has 5 nitrogen and oxygen atoms in total. The summed E-state index contributed by atoms with van der Waals surface area (Å²) >= 11 is 5.73. The second-order valence-corrected chi connectivity index (χ2v) is 6.05. The molecule has 0 aliphatic rings. The summed E-state index contributed by atoms with van der Waals surface area (Å²) in [5.74, 6) is -0.618. The second-order valence-electron chi connectivity index (χ2n) is 5.64. The van der Waals surface area contributed by atoms with Gasteiger partial charge in [0.15, 0.2) is 0 Å². The van der Waals surface area contributed by atoms with Gasteiger partial charge in [-0.25, -0.2) is 14.4 Å². The molecule has 2 N–H and O–H groups in total. The first-order chi connectivity index (χ1) is 12.5. The number of nitrogens with one attached hydrogen (secondary N) is 2. The molecule has 2 aromatic carbocycles. The molecular formula is C19H16ClFN4O. The summed E-state index contributed by atoms with van der Waals surface area (Å²) < 4.78 is 13.2. The van der Waals surface area contributed by atoms with Crippen molar-refractivity contribution in [1.82, 2.24) is 9.97 Å². The number of amides is 1. The Hall–Kier alpha value is -2.99. The van der Waals surface area contributed by atoms with Crippen molar-refractivity contribution in [3.8, 4) is 0 Å². The zero-order valence-corrected chi connectivity index (χ0v) is 14.7. The normalized spacial score (nSPS) is 10.4. The largest absolute Gasteiger partial charge is 0.350 e. The Bertz CT molecular complexity index is 934. The first-order valence-corrected chi connectivity index (χ1v) is 8.29. The molecule has 0 spiro atoms. The highest BCUT2D eigenvalue weighted by atomic mass is 35.5. The summed E-state index contributed by atoms with van der Waals surface area (Å²) in [5, 5.41) is 5.69. The van der Waals surface area contributed by atoms with Gasteiger partial charge in [-0.05, 0) is 36.8 Å². The molecule has 0 fully saturated rings. The molecule has 0 saturated carbocycles. The highest BCUT2D eigenvalue weighted by Gasteiger charge is 2.12. The first kappa shape index (κ1) is 17.8. The van der Waals surface area contributed by atoms with Gasteiger partial charge in [0.1, 0.15) is 11.5 Å². The van der Waals surface area contributed by atoms with Crippen LogP contribution < -0.4 is 10.6 Å². The van der Waals surface area contributed by atoms with E-state index in [0.717, 1.165) is 5.56 Å². The summed E-state index contributed by atoms with van der Waals surface area (Å²) in [4.78, 5) is 21.0. The van der Waals surface area contributed by atoms with Crippen molar-refractivity contribution in [2.75, 3.05) is 10.6 Å². The van der Waals surface area contributed by atoms with Gasteiger partial charge in [-0.3, -0.25) is 4.79 Å². The Morgan fingerprint density at radius 2 is 1.88 bits per heavy atom. The predicted molar refractivity (Wildman–Crippen MR) is 99.9 cm³/mol. The third-order valence-corrected chi connectivity index (χ3v) is 3.85. The molecule has 0 unspecified atom stereocenters. The molecule has 1 aromatic heterocycles. The van der Waals surface area contributed by atoms with Crippen molar-refractivity contribution in [1.29, 1.82) is 0 Å². The maximum atomic E-state index is 13.2. The molecular weight excluding hydrogens is 355 g/mol. The zero-order valence-electron chi connectivity index (χ0n) is 14.0. The summed E-state index contributed by atoms with van der Waals surface area (Å²) in [5.41, 5.74) is 2.31. The van der Waals surface area contributed by atoms with Gasteiger partial charge in [-0.15, -0.1) is 0 Å². The van der Waals surface area contributed by atoms with Crippen molar-refractivity contribution < 1.29 is 9.18 Å². The number of carbonyl (C=O) groups is 1. The lowest BCUT2D eigenvalue weighted by Crippen LogP contribution is -2.16. The van der Waals surface area contributed by atoms with E-state index in [1.165, 1.54) is 18.2 Å². The Morgan fingerprint density at radius 1 is 1.12 bits per heavy atom. The number of hydrogen-bond donors (Lipinski definition) is 2. The summed E-state index contributed by atoms with van der Waals surface area (Å²) in [6.07, 6.45) is 0. The van der Waals surface area contributed by atoms with E-state index in [2.05, 4.69) is 20.6 Å². The topological polar surface area (TPSA) is 66.9 Å². The van der Waals surface area contributed by atoms with E-state index in [-0.39, 0.29) is 10.7 Å². The van der Waals surface area contributed by atoms with Crippen LogP contribution in [0.3, 0.4) is 0 Å². The van der Waals surface area contributed by atoms with Crippen molar-refractivity contribution in [3.05, 3.63) is 82.4 Å². The van der Waals surface area contributed by atoms with Crippen LogP contribution in [0.1, 0.15) is 21.7 Å². The van der Waals surface area contributed by atoms with Gasteiger partial charge in [0.25, 0.3) is 5.91 Å². The van der Waals surface area contributed by atoms with Gasteiger partial charge in [-0.2, -0.15) is 0 Å². The zero-order chi connectivity index (χ0) is 18.5. The number of nitrogens with zero attached hydrogens (tertiary/aromatic N) is 2. The van der Waals surface area contributed by atoms with E-state index in [1.54, 1.807) is 13.0 Å². The minimum absolute atomic E-state index is 0.0631. The minimum Gasteiger partial charge on any atom is -0.350 e. The fourth-order valence-corrected chi connectivity index (χ4v) is 2.49. The molecule has 0 atom stereocenters. The maximum absolute atomic E-state index is 13.2. The number of halogens is 2. The summed E-state index contributed by atoms with van der Waals surface area (Å²) in [6.45, 7) is 2.32. The van der Waals surface area contributed by atoms with E-state index >= 15 is 0 Å². The van der Waals surface area contributed by atoms with Gasteiger partial charge < -0.3 is 10.6 Å². The summed E-state index contributed by atoms with van der Waals surface area (Å²) in [6, 6.07) is 15.3. The standard InChI is InChI=1S/C19H16ClFN4O/c1-12-9-17(18(26)24-14-7-8-16(21)15(20)10-14)25-19(23-12)22-11-13-5-3-2-4-6-13/h2-10H,11H2,1H3,(H,24,26)(H,22,23,25). The van der Waals surface area contributed by atoms with Crippen molar-refractivity contribution in [2.45, 2.75) is 13.5 Å². The molecule has 0 radical (unpaired) electrons. The highest BCUT2D eigenvalue weighted by molar-refractivity contribution is 6.31. The molecule has 0 bridgehead atoms. The number of rotatable bonds is 5. The van der Waals surface area contributed by atoms with Crippen LogP contribution in [0, 0.1) is 12.7 Å². The van der Waals surface area contributed by atoms with E-state index < -0.39 is 11.7 Å². The van der Waals surface area contributed by atoms with Crippen molar-refractivity contribution >= 4 is 29.1 Å².